The highest BCUT2D eigenvalue weighted by Crippen LogP contribution is 2.20. The zero-order valence-electron chi connectivity index (χ0n) is 8.85. The van der Waals surface area contributed by atoms with Crippen LogP contribution in [0.15, 0.2) is 35.1 Å². The molecule has 0 amide bonds. The molecule has 0 aliphatic heterocycles. The molecule has 0 radical (unpaired) electrons. The lowest BCUT2D eigenvalue weighted by atomic mass is 10.2. The number of carbonyl (C=O) groups excluding carboxylic acids is 1. The molecule has 1 heterocycles. The Balaban J connectivity index is 2.62. The fourth-order valence-corrected chi connectivity index (χ4v) is 1.99. The van der Waals surface area contributed by atoms with E-state index in [9.17, 15) is 4.79 Å². The third-order valence-electron chi connectivity index (χ3n) is 2.41. The topological polar surface area (TPSA) is 34.9 Å². The highest BCUT2D eigenvalue weighted by atomic mass is 79.9. The number of rotatable bonds is 3. The number of hydrogen-bond acceptors (Lipinski definition) is 2. The molecule has 0 fully saturated rings. The van der Waals surface area contributed by atoms with Crippen LogP contribution in [0.5, 0.6) is 0 Å². The van der Waals surface area contributed by atoms with E-state index in [0.29, 0.717) is 5.56 Å². The van der Waals surface area contributed by atoms with Gasteiger partial charge in [-0.1, -0.05) is 22.9 Å². The van der Waals surface area contributed by atoms with Crippen LogP contribution in [0.1, 0.15) is 23.1 Å². The van der Waals surface area contributed by atoms with Gasteiger partial charge in [0, 0.05) is 28.9 Å². The fourth-order valence-electron chi connectivity index (χ4n) is 1.64. The molecule has 16 heavy (non-hydrogen) atoms. The van der Waals surface area contributed by atoms with Gasteiger partial charge >= 0.3 is 0 Å². The molecule has 0 saturated carbocycles. The molecule has 82 valence electrons. The van der Waals surface area contributed by atoms with E-state index < -0.39 is 0 Å². The summed E-state index contributed by atoms with van der Waals surface area (Å²) in [5.41, 5.74) is 1.52. The zero-order valence-corrected chi connectivity index (χ0v) is 10.4. The minimum Gasteiger partial charge on any atom is -0.303 e. The van der Waals surface area contributed by atoms with Crippen molar-refractivity contribution in [3.05, 3.63) is 46.5 Å². The molecule has 0 bridgehead atoms. The Labute approximate surface area is 102 Å². The van der Waals surface area contributed by atoms with Crippen LogP contribution in [0.25, 0.3) is 5.69 Å². The summed E-state index contributed by atoms with van der Waals surface area (Å²) >= 11 is 3.41. The number of nitrogens with zero attached hydrogens (tertiary/aromatic N) is 2. The van der Waals surface area contributed by atoms with Gasteiger partial charge in [0.25, 0.3) is 0 Å². The average molecular weight is 279 g/mol. The van der Waals surface area contributed by atoms with Gasteiger partial charge in [-0.3, -0.25) is 4.79 Å². The van der Waals surface area contributed by atoms with Gasteiger partial charge < -0.3 is 4.57 Å². The van der Waals surface area contributed by atoms with Crippen LogP contribution in [0.3, 0.4) is 0 Å². The second-order valence-electron chi connectivity index (χ2n) is 3.39. The molecule has 0 saturated heterocycles. The van der Waals surface area contributed by atoms with Crippen molar-refractivity contribution in [3.8, 4) is 5.69 Å². The Bertz CT molecular complexity index is 519. The third-order valence-corrected chi connectivity index (χ3v) is 2.91. The maximum absolute atomic E-state index is 11.0. The molecule has 0 spiro atoms. The van der Waals surface area contributed by atoms with Gasteiger partial charge in [-0.05, 0) is 18.2 Å². The first-order valence-electron chi connectivity index (χ1n) is 5.03. The second kappa shape index (κ2) is 4.61. The number of benzene rings is 1. The molecule has 0 unspecified atom stereocenters. The Morgan fingerprint density at radius 1 is 1.50 bits per heavy atom. The van der Waals surface area contributed by atoms with Crippen molar-refractivity contribution in [2.75, 3.05) is 0 Å². The molecular weight excluding hydrogens is 268 g/mol. The molecule has 0 N–H and O–H groups in total. The number of imidazole rings is 1. The SMILES string of the molecule is CCc1nccn1-c1cc(Br)ccc1C=O. The predicted molar refractivity (Wildman–Crippen MR) is 66.0 cm³/mol. The summed E-state index contributed by atoms with van der Waals surface area (Å²) in [6.07, 6.45) is 5.31. The van der Waals surface area contributed by atoms with Crippen molar-refractivity contribution in [1.29, 1.82) is 0 Å². The smallest absolute Gasteiger partial charge is 0.152 e. The molecule has 2 rings (SSSR count). The molecule has 2 aromatic rings. The van der Waals surface area contributed by atoms with Crippen molar-refractivity contribution in [2.24, 2.45) is 0 Å². The summed E-state index contributed by atoms with van der Waals surface area (Å²) in [5.74, 6) is 0.946. The lowest BCUT2D eigenvalue weighted by molar-refractivity contribution is 0.112. The van der Waals surface area contributed by atoms with Crippen molar-refractivity contribution in [3.63, 3.8) is 0 Å². The number of aromatic nitrogens is 2. The Morgan fingerprint density at radius 3 is 3.00 bits per heavy atom. The number of hydrogen-bond donors (Lipinski definition) is 0. The molecule has 4 heteroatoms. The van der Waals surface area contributed by atoms with E-state index in [4.69, 9.17) is 0 Å². The van der Waals surface area contributed by atoms with E-state index >= 15 is 0 Å². The van der Waals surface area contributed by atoms with Gasteiger partial charge in [-0.15, -0.1) is 0 Å². The third kappa shape index (κ3) is 1.93. The van der Waals surface area contributed by atoms with Crippen molar-refractivity contribution in [2.45, 2.75) is 13.3 Å². The Kier molecular flexibility index (Phi) is 3.19. The van der Waals surface area contributed by atoms with Gasteiger partial charge in [0.05, 0.1) is 5.69 Å². The average Bonchev–Trinajstić information content (AvgIpc) is 2.76. The standard InChI is InChI=1S/C12H11BrN2O/c1-2-12-14-5-6-15(12)11-7-10(13)4-3-9(11)8-16/h3-8H,2H2,1H3. The summed E-state index contributed by atoms with van der Waals surface area (Å²) in [4.78, 5) is 15.2. The van der Waals surface area contributed by atoms with E-state index in [1.165, 1.54) is 0 Å². The summed E-state index contributed by atoms with van der Waals surface area (Å²) in [6.45, 7) is 2.04. The van der Waals surface area contributed by atoms with E-state index in [1.807, 2.05) is 29.8 Å². The number of aldehydes is 1. The molecule has 3 nitrogen and oxygen atoms in total. The number of carbonyl (C=O) groups is 1. The van der Waals surface area contributed by atoms with E-state index in [-0.39, 0.29) is 0 Å². The maximum atomic E-state index is 11.0. The highest BCUT2D eigenvalue weighted by Gasteiger charge is 2.08. The molecule has 0 aliphatic rings. The largest absolute Gasteiger partial charge is 0.303 e. The summed E-state index contributed by atoms with van der Waals surface area (Å²) in [5, 5.41) is 0. The summed E-state index contributed by atoms with van der Waals surface area (Å²) in [6, 6.07) is 5.58. The normalized spacial score (nSPS) is 10.4. The lowest BCUT2D eigenvalue weighted by Gasteiger charge is -2.09. The fraction of sp³-hybridized carbons (Fsp3) is 0.167. The van der Waals surface area contributed by atoms with Gasteiger partial charge in [0.15, 0.2) is 6.29 Å². The maximum Gasteiger partial charge on any atom is 0.152 e. The highest BCUT2D eigenvalue weighted by molar-refractivity contribution is 9.10. The summed E-state index contributed by atoms with van der Waals surface area (Å²) in [7, 11) is 0. The van der Waals surface area contributed by atoms with Gasteiger partial charge in [-0.2, -0.15) is 0 Å². The Hall–Kier alpha value is -1.42. The Morgan fingerprint density at radius 2 is 2.31 bits per heavy atom. The van der Waals surface area contributed by atoms with Crippen LogP contribution >= 0.6 is 15.9 Å². The first-order valence-corrected chi connectivity index (χ1v) is 5.83. The second-order valence-corrected chi connectivity index (χ2v) is 4.30. The molecule has 1 aromatic carbocycles. The number of halogens is 1. The molecule has 0 aliphatic carbocycles. The van der Waals surface area contributed by atoms with Crippen molar-refractivity contribution >= 4 is 22.2 Å². The van der Waals surface area contributed by atoms with Crippen LogP contribution in [0.4, 0.5) is 0 Å². The van der Waals surface area contributed by atoms with E-state index in [2.05, 4.69) is 20.9 Å². The van der Waals surface area contributed by atoms with Crippen LogP contribution in [0.2, 0.25) is 0 Å². The molecule has 1 aromatic heterocycles. The lowest BCUT2D eigenvalue weighted by Crippen LogP contribution is -2.02. The van der Waals surface area contributed by atoms with Crippen LogP contribution in [-0.4, -0.2) is 15.8 Å². The van der Waals surface area contributed by atoms with E-state index in [1.54, 1.807) is 12.3 Å². The zero-order chi connectivity index (χ0) is 11.5. The predicted octanol–water partition coefficient (Wildman–Crippen LogP) is 3.01. The first kappa shape index (κ1) is 11.1. The minimum absolute atomic E-state index is 0.663. The quantitative estimate of drug-likeness (QED) is 0.809. The molecule has 0 atom stereocenters. The minimum atomic E-state index is 0.663. The summed E-state index contributed by atoms with van der Waals surface area (Å²) < 4.78 is 2.89. The number of aryl methyl sites for hydroxylation is 1. The van der Waals surface area contributed by atoms with Crippen molar-refractivity contribution < 1.29 is 4.79 Å². The molecular formula is C12H11BrN2O. The van der Waals surface area contributed by atoms with Gasteiger partial charge in [-0.25, -0.2) is 4.98 Å². The van der Waals surface area contributed by atoms with Gasteiger partial charge in [0.2, 0.25) is 0 Å². The monoisotopic (exact) mass is 278 g/mol. The first-order chi connectivity index (χ1) is 7.76. The van der Waals surface area contributed by atoms with Crippen LogP contribution < -0.4 is 0 Å². The van der Waals surface area contributed by atoms with Crippen LogP contribution in [-0.2, 0) is 6.42 Å². The van der Waals surface area contributed by atoms with Crippen LogP contribution in [0, 0.1) is 0 Å². The van der Waals surface area contributed by atoms with E-state index in [0.717, 1.165) is 28.7 Å². The van der Waals surface area contributed by atoms with Gasteiger partial charge in [0.1, 0.15) is 5.82 Å². The van der Waals surface area contributed by atoms with Crippen molar-refractivity contribution in [1.82, 2.24) is 9.55 Å².